The first kappa shape index (κ1) is 9.79. The summed E-state index contributed by atoms with van der Waals surface area (Å²) in [6.45, 7) is 0.157. The van der Waals surface area contributed by atoms with Crippen LogP contribution in [-0.4, -0.2) is 4.98 Å². The van der Waals surface area contributed by atoms with Crippen LogP contribution >= 0.6 is 0 Å². The zero-order chi connectivity index (χ0) is 10.8. The Morgan fingerprint density at radius 2 is 1.87 bits per heavy atom. The maximum absolute atomic E-state index is 12.9. The Bertz CT molecular complexity index is 462. The van der Waals surface area contributed by atoms with Gasteiger partial charge in [-0.05, 0) is 12.1 Å². The number of hydrogen-bond acceptors (Lipinski definition) is 3. The Hall–Kier alpha value is -1.75. The molecular formula is C10H8F2N2O. The van der Waals surface area contributed by atoms with Crippen LogP contribution in [0.5, 0.6) is 0 Å². The van der Waals surface area contributed by atoms with E-state index in [9.17, 15) is 8.78 Å². The molecule has 0 spiro atoms. The fraction of sp³-hybridized carbons (Fsp3) is 0.100. The van der Waals surface area contributed by atoms with Crippen molar-refractivity contribution in [1.82, 2.24) is 4.98 Å². The third kappa shape index (κ3) is 1.87. The van der Waals surface area contributed by atoms with Crippen LogP contribution in [0.2, 0.25) is 0 Å². The molecule has 0 aliphatic rings. The molecule has 0 saturated carbocycles. The van der Waals surface area contributed by atoms with E-state index in [1.807, 2.05) is 0 Å². The lowest BCUT2D eigenvalue weighted by Crippen LogP contribution is -1.98. The average molecular weight is 210 g/mol. The molecular weight excluding hydrogens is 202 g/mol. The highest BCUT2D eigenvalue weighted by molar-refractivity contribution is 5.59. The van der Waals surface area contributed by atoms with Gasteiger partial charge in [0.1, 0.15) is 17.3 Å². The first-order valence-corrected chi connectivity index (χ1v) is 4.29. The number of nitrogens with zero attached hydrogens (tertiary/aromatic N) is 1. The Balaban J connectivity index is 2.53. The average Bonchev–Trinajstić information content (AvgIpc) is 2.63. The monoisotopic (exact) mass is 210 g/mol. The summed E-state index contributed by atoms with van der Waals surface area (Å²) < 4.78 is 30.9. The summed E-state index contributed by atoms with van der Waals surface area (Å²) >= 11 is 0. The van der Waals surface area contributed by atoms with E-state index >= 15 is 0 Å². The molecule has 2 N–H and O–H groups in total. The molecule has 2 rings (SSSR count). The molecule has 78 valence electrons. The highest BCUT2D eigenvalue weighted by atomic mass is 19.1. The summed E-state index contributed by atoms with van der Waals surface area (Å²) in [5, 5.41) is 0. The molecule has 0 radical (unpaired) electrons. The van der Waals surface area contributed by atoms with Crippen molar-refractivity contribution in [2.24, 2.45) is 5.73 Å². The number of hydrogen-bond donors (Lipinski definition) is 1. The van der Waals surface area contributed by atoms with Gasteiger partial charge in [0, 0.05) is 18.2 Å². The highest BCUT2D eigenvalue weighted by Crippen LogP contribution is 2.24. The minimum Gasteiger partial charge on any atom is -0.443 e. The molecule has 2 aromatic rings. The van der Waals surface area contributed by atoms with Crippen molar-refractivity contribution in [2.75, 3.05) is 0 Å². The number of nitrogens with two attached hydrogens (primary N) is 1. The summed E-state index contributed by atoms with van der Waals surface area (Å²) in [6, 6.07) is 3.13. The molecule has 3 nitrogen and oxygen atoms in total. The van der Waals surface area contributed by atoms with E-state index in [2.05, 4.69) is 4.98 Å². The van der Waals surface area contributed by atoms with Crippen LogP contribution in [0.15, 0.2) is 29.0 Å². The minimum absolute atomic E-state index is 0.157. The Morgan fingerprint density at radius 3 is 2.47 bits per heavy atom. The highest BCUT2D eigenvalue weighted by Gasteiger charge is 2.11. The lowest BCUT2D eigenvalue weighted by atomic mass is 10.1. The van der Waals surface area contributed by atoms with Gasteiger partial charge in [0.25, 0.3) is 0 Å². The Kier molecular flexibility index (Phi) is 2.47. The SMILES string of the molecule is NCc1ncoc1-c1cc(F)cc(F)c1. The summed E-state index contributed by atoms with van der Waals surface area (Å²) in [6.07, 6.45) is 1.19. The van der Waals surface area contributed by atoms with Crippen LogP contribution in [0.1, 0.15) is 5.69 Å². The van der Waals surface area contributed by atoms with Crippen LogP contribution in [-0.2, 0) is 6.54 Å². The van der Waals surface area contributed by atoms with E-state index < -0.39 is 11.6 Å². The smallest absolute Gasteiger partial charge is 0.181 e. The maximum atomic E-state index is 12.9. The molecule has 15 heavy (non-hydrogen) atoms. The van der Waals surface area contributed by atoms with Crippen molar-refractivity contribution in [3.63, 3.8) is 0 Å². The number of aromatic nitrogens is 1. The van der Waals surface area contributed by atoms with Gasteiger partial charge >= 0.3 is 0 Å². The van der Waals surface area contributed by atoms with Gasteiger partial charge in [0.05, 0.1) is 0 Å². The summed E-state index contributed by atoms with van der Waals surface area (Å²) in [5.74, 6) is -1.02. The van der Waals surface area contributed by atoms with Crippen molar-refractivity contribution in [2.45, 2.75) is 6.54 Å². The van der Waals surface area contributed by atoms with E-state index in [4.69, 9.17) is 10.2 Å². The van der Waals surface area contributed by atoms with E-state index in [1.54, 1.807) is 0 Å². The maximum Gasteiger partial charge on any atom is 0.181 e. The third-order valence-electron chi connectivity index (χ3n) is 1.96. The first-order chi connectivity index (χ1) is 7.20. The quantitative estimate of drug-likeness (QED) is 0.825. The molecule has 0 unspecified atom stereocenters. The minimum atomic E-state index is -0.663. The number of rotatable bonds is 2. The third-order valence-corrected chi connectivity index (χ3v) is 1.96. The zero-order valence-corrected chi connectivity index (χ0v) is 7.71. The van der Waals surface area contributed by atoms with E-state index in [0.29, 0.717) is 17.0 Å². The Labute approximate surface area is 84.5 Å². The van der Waals surface area contributed by atoms with Gasteiger partial charge in [0.15, 0.2) is 12.2 Å². The topological polar surface area (TPSA) is 52.0 Å². The predicted molar refractivity (Wildman–Crippen MR) is 49.7 cm³/mol. The van der Waals surface area contributed by atoms with Crippen molar-refractivity contribution in [3.8, 4) is 11.3 Å². The number of halogens is 2. The van der Waals surface area contributed by atoms with Gasteiger partial charge in [-0.25, -0.2) is 13.8 Å². The lowest BCUT2D eigenvalue weighted by molar-refractivity contribution is 0.562. The molecule has 1 heterocycles. The van der Waals surface area contributed by atoms with Crippen molar-refractivity contribution in [3.05, 3.63) is 41.9 Å². The van der Waals surface area contributed by atoms with Gasteiger partial charge in [-0.15, -0.1) is 0 Å². The number of benzene rings is 1. The Morgan fingerprint density at radius 1 is 1.20 bits per heavy atom. The summed E-state index contributed by atoms with van der Waals surface area (Å²) in [5.41, 5.74) is 6.17. The molecule has 0 bridgehead atoms. The lowest BCUT2D eigenvalue weighted by Gasteiger charge is -1.99. The van der Waals surface area contributed by atoms with Crippen molar-refractivity contribution in [1.29, 1.82) is 0 Å². The summed E-state index contributed by atoms with van der Waals surface area (Å²) in [7, 11) is 0. The first-order valence-electron chi connectivity index (χ1n) is 4.29. The van der Waals surface area contributed by atoms with Gasteiger partial charge in [-0.2, -0.15) is 0 Å². The molecule has 0 saturated heterocycles. The second kappa shape index (κ2) is 3.78. The van der Waals surface area contributed by atoms with E-state index in [0.717, 1.165) is 6.07 Å². The normalized spacial score (nSPS) is 10.6. The van der Waals surface area contributed by atoms with Crippen LogP contribution in [0.4, 0.5) is 8.78 Å². The van der Waals surface area contributed by atoms with Crippen LogP contribution in [0.25, 0.3) is 11.3 Å². The molecule has 1 aromatic carbocycles. The van der Waals surface area contributed by atoms with Gasteiger partial charge in [-0.1, -0.05) is 0 Å². The molecule has 0 fully saturated rings. The molecule has 1 aromatic heterocycles. The van der Waals surface area contributed by atoms with E-state index in [-0.39, 0.29) is 6.54 Å². The van der Waals surface area contributed by atoms with E-state index in [1.165, 1.54) is 18.5 Å². The predicted octanol–water partition coefficient (Wildman–Crippen LogP) is 2.08. The van der Waals surface area contributed by atoms with Crippen molar-refractivity contribution < 1.29 is 13.2 Å². The molecule has 0 aliphatic carbocycles. The van der Waals surface area contributed by atoms with Gasteiger partial charge < -0.3 is 10.2 Å². The fourth-order valence-electron chi connectivity index (χ4n) is 1.33. The molecule has 0 aliphatic heterocycles. The second-order valence-electron chi connectivity index (χ2n) is 2.99. The van der Waals surface area contributed by atoms with Crippen molar-refractivity contribution >= 4 is 0 Å². The van der Waals surface area contributed by atoms with Gasteiger partial charge in [0.2, 0.25) is 0 Å². The largest absolute Gasteiger partial charge is 0.443 e. The summed E-state index contributed by atoms with van der Waals surface area (Å²) in [4.78, 5) is 3.83. The van der Waals surface area contributed by atoms with Gasteiger partial charge in [-0.3, -0.25) is 0 Å². The van der Waals surface area contributed by atoms with Crippen LogP contribution in [0, 0.1) is 11.6 Å². The molecule has 0 atom stereocenters. The fourth-order valence-corrected chi connectivity index (χ4v) is 1.33. The molecule has 5 heteroatoms. The molecule has 0 amide bonds. The standard InChI is InChI=1S/C10H8F2N2O/c11-7-1-6(2-8(12)3-7)10-9(4-13)14-5-15-10/h1-3,5H,4,13H2. The van der Waals surface area contributed by atoms with Crippen LogP contribution in [0.3, 0.4) is 0 Å². The second-order valence-corrected chi connectivity index (χ2v) is 2.99. The number of oxazole rings is 1. The van der Waals surface area contributed by atoms with Crippen LogP contribution < -0.4 is 5.73 Å². The zero-order valence-electron chi connectivity index (χ0n) is 7.71.